The van der Waals surface area contributed by atoms with Gasteiger partial charge in [0.2, 0.25) is 0 Å². The Bertz CT molecular complexity index is 896. The summed E-state index contributed by atoms with van der Waals surface area (Å²) in [4.78, 5) is 19.1. The summed E-state index contributed by atoms with van der Waals surface area (Å²) < 4.78 is 25.6. The zero-order valence-corrected chi connectivity index (χ0v) is 15.5. The van der Waals surface area contributed by atoms with Gasteiger partial charge in [-0.1, -0.05) is 0 Å². The van der Waals surface area contributed by atoms with Gasteiger partial charge in [-0.3, -0.25) is 14.5 Å². The lowest BCUT2D eigenvalue weighted by molar-refractivity contribution is 0.0710. The van der Waals surface area contributed by atoms with Crippen LogP contribution in [-0.2, 0) is 16.9 Å². The monoisotopic (exact) mass is 362 g/mol. The van der Waals surface area contributed by atoms with Gasteiger partial charge >= 0.3 is 0 Å². The van der Waals surface area contributed by atoms with Crippen LogP contribution >= 0.6 is 0 Å². The SMILES string of the molecule is Cc1c(C(=O)N2CCC(c3ncccc3S(C)(=O)=O)CC2)cnn1C. The zero-order valence-electron chi connectivity index (χ0n) is 14.6. The van der Waals surface area contributed by atoms with Crippen molar-refractivity contribution >= 4 is 15.7 Å². The third kappa shape index (κ3) is 3.44. The van der Waals surface area contributed by atoms with Gasteiger partial charge in [0.25, 0.3) is 5.91 Å². The van der Waals surface area contributed by atoms with Crippen LogP contribution in [0.25, 0.3) is 0 Å². The molecule has 0 saturated carbocycles. The number of hydrogen-bond donors (Lipinski definition) is 0. The summed E-state index contributed by atoms with van der Waals surface area (Å²) in [6, 6.07) is 3.25. The summed E-state index contributed by atoms with van der Waals surface area (Å²) >= 11 is 0. The van der Waals surface area contributed by atoms with Gasteiger partial charge in [-0.15, -0.1) is 0 Å². The van der Waals surface area contributed by atoms with Gasteiger partial charge in [-0.25, -0.2) is 8.42 Å². The number of rotatable bonds is 3. The van der Waals surface area contributed by atoms with Crippen LogP contribution in [0.1, 0.15) is 40.5 Å². The molecule has 0 bridgehead atoms. The Balaban J connectivity index is 1.75. The lowest BCUT2D eigenvalue weighted by Gasteiger charge is -2.32. The van der Waals surface area contributed by atoms with Crippen molar-refractivity contribution < 1.29 is 13.2 Å². The molecule has 1 saturated heterocycles. The maximum absolute atomic E-state index is 12.7. The highest BCUT2D eigenvalue weighted by Gasteiger charge is 2.29. The number of sulfone groups is 1. The molecule has 134 valence electrons. The largest absolute Gasteiger partial charge is 0.338 e. The third-order valence-corrected chi connectivity index (χ3v) is 5.98. The van der Waals surface area contributed by atoms with Gasteiger partial charge in [0, 0.05) is 44.2 Å². The molecule has 1 fully saturated rings. The molecule has 0 spiro atoms. The first-order chi connectivity index (χ1) is 11.8. The van der Waals surface area contributed by atoms with E-state index in [4.69, 9.17) is 0 Å². The highest BCUT2D eigenvalue weighted by molar-refractivity contribution is 7.90. The van der Waals surface area contributed by atoms with Crippen LogP contribution in [0.5, 0.6) is 0 Å². The van der Waals surface area contributed by atoms with Gasteiger partial charge in [0.05, 0.1) is 22.3 Å². The average Bonchev–Trinajstić information content (AvgIpc) is 2.93. The van der Waals surface area contributed by atoms with E-state index in [1.54, 1.807) is 29.2 Å². The van der Waals surface area contributed by atoms with Gasteiger partial charge in [0.1, 0.15) is 0 Å². The van der Waals surface area contributed by atoms with Gasteiger partial charge in [0.15, 0.2) is 9.84 Å². The summed E-state index contributed by atoms with van der Waals surface area (Å²) in [5, 5.41) is 4.13. The van der Waals surface area contributed by atoms with Gasteiger partial charge < -0.3 is 4.90 Å². The van der Waals surface area contributed by atoms with Crippen molar-refractivity contribution in [2.75, 3.05) is 19.3 Å². The molecule has 2 aromatic rings. The summed E-state index contributed by atoms with van der Waals surface area (Å²) in [6.07, 6.45) is 5.83. The molecular formula is C17H22N4O3S. The van der Waals surface area contributed by atoms with Crippen molar-refractivity contribution in [1.82, 2.24) is 19.7 Å². The molecule has 3 rings (SSSR count). The van der Waals surface area contributed by atoms with Crippen LogP contribution in [-0.4, -0.2) is 53.3 Å². The van der Waals surface area contributed by atoms with Crippen LogP contribution in [0, 0.1) is 6.92 Å². The number of aromatic nitrogens is 3. The van der Waals surface area contributed by atoms with Crippen molar-refractivity contribution in [2.24, 2.45) is 7.05 Å². The minimum absolute atomic E-state index is 0.0200. The Kier molecular flexibility index (Phi) is 4.64. The molecule has 25 heavy (non-hydrogen) atoms. The number of carbonyl (C=O) groups is 1. The normalized spacial score (nSPS) is 16.2. The van der Waals surface area contributed by atoms with E-state index >= 15 is 0 Å². The molecule has 0 N–H and O–H groups in total. The Labute approximate surface area is 147 Å². The first-order valence-electron chi connectivity index (χ1n) is 8.22. The lowest BCUT2D eigenvalue weighted by atomic mass is 9.92. The minimum atomic E-state index is -3.31. The molecular weight excluding hydrogens is 340 g/mol. The molecule has 8 heteroatoms. The summed E-state index contributed by atoms with van der Waals surface area (Å²) in [6.45, 7) is 3.04. The molecule has 0 atom stereocenters. The number of aryl methyl sites for hydroxylation is 1. The fourth-order valence-corrected chi connectivity index (χ4v) is 4.18. The smallest absolute Gasteiger partial charge is 0.257 e. The number of pyridine rings is 1. The number of hydrogen-bond acceptors (Lipinski definition) is 5. The molecule has 7 nitrogen and oxygen atoms in total. The summed E-state index contributed by atoms with van der Waals surface area (Å²) in [5.41, 5.74) is 2.08. The van der Waals surface area contributed by atoms with Gasteiger partial charge in [-0.2, -0.15) is 5.10 Å². The maximum atomic E-state index is 12.7. The second-order valence-corrected chi connectivity index (χ2v) is 8.48. The van der Waals surface area contributed by atoms with Crippen LogP contribution in [0.2, 0.25) is 0 Å². The van der Waals surface area contributed by atoms with Crippen LogP contribution in [0.4, 0.5) is 0 Å². The fourth-order valence-electron chi connectivity index (χ4n) is 3.26. The number of likely N-dealkylation sites (tertiary alicyclic amines) is 1. The molecule has 0 aromatic carbocycles. The number of piperidine rings is 1. The molecule has 3 heterocycles. The first-order valence-corrected chi connectivity index (χ1v) is 10.1. The van der Waals surface area contributed by atoms with Crippen LogP contribution in [0.3, 0.4) is 0 Å². The van der Waals surface area contributed by atoms with Crippen molar-refractivity contribution in [2.45, 2.75) is 30.6 Å². The summed E-state index contributed by atoms with van der Waals surface area (Å²) in [7, 11) is -1.50. The van der Waals surface area contributed by atoms with E-state index in [1.807, 2.05) is 18.9 Å². The highest BCUT2D eigenvalue weighted by Crippen LogP contribution is 2.31. The molecule has 0 unspecified atom stereocenters. The molecule has 1 aliphatic rings. The summed E-state index contributed by atoms with van der Waals surface area (Å²) in [5.74, 6) is 0.0263. The van der Waals surface area contributed by atoms with Crippen molar-refractivity contribution in [3.05, 3.63) is 41.5 Å². The second kappa shape index (κ2) is 6.59. The molecule has 0 aliphatic carbocycles. The standard InChI is InChI=1S/C17H22N4O3S/c1-12-14(11-19-20(12)2)17(22)21-9-6-13(7-10-21)16-15(25(3,23)24)5-4-8-18-16/h4-5,8,11,13H,6-7,9-10H2,1-3H3. The van der Waals surface area contributed by atoms with Crippen LogP contribution < -0.4 is 0 Å². The van der Waals surface area contributed by atoms with Gasteiger partial charge in [-0.05, 0) is 31.9 Å². The van der Waals surface area contributed by atoms with E-state index in [1.165, 1.54) is 6.26 Å². The van der Waals surface area contributed by atoms with Crippen LogP contribution in [0.15, 0.2) is 29.4 Å². The maximum Gasteiger partial charge on any atom is 0.257 e. The molecule has 2 aromatic heterocycles. The van der Waals surface area contributed by atoms with Crippen molar-refractivity contribution in [3.63, 3.8) is 0 Å². The van der Waals surface area contributed by atoms with E-state index in [9.17, 15) is 13.2 Å². The Morgan fingerprint density at radius 2 is 1.96 bits per heavy atom. The fraction of sp³-hybridized carbons (Fsp3) is 0.471. The number of amides is 1. The highest BCUT2D eigenvalue weighted by atomic mass is 32.2. The Hall–Kier alpha value is -2.22. The minimum Gasteiger partial charge on any atom is -0.338 e. The van der Waals surface area contributed by atoms with E-state index in [0.29, 0.717) is 42.1 Å². The molecule has 1 amide bonds. The van der Waals surface area contributed by atoms with Crippen molar-refractivity contribution in [1.29, 1.82) is 0 Å². The number of nitrogens with zero attached hydrogens (tertiary/aromatic N) is 4. The Morgan fingerprint density at radius 1 is 1.28 bits per heavy atom. The third-order valence-electron chi connectivity index (χ3n) is 4.83. The van der Waals surface area contributed by atoms with E-state index in [0.717, 1.165) is 5.69 Å². The molecule has 1 aliphatic heterocycles. The second-order valence-electron chi connectivity index (χ2n) is 6.49. The zero-order chi connectivity index (χ0) is 18.2. The average molecular weight is 362 g/mol. The Morgan fingerprint density at radius 3 is 2.52 bits per heavy atom. The molecule has 0 radical (unpaired) electrons. The van der Waals surface area contributed by atoms with Crippen molar-refractivity contribution in [3.8, 4) is 0 Å². The predicted molar refractivity (Wildman–Crippen MR) is 93.2 cm³/mol. The quantitative estimate of drug-likeness (QED) is 0.827. The first kappa shape index (κ1) is 17.6. The predicted octanol–water partition coefficient (Wildman–Crippen LogP) is 1.55. The van der Waals surface area contributed by atoms with E-state index in [2.05, 4.69) is 10.1 Å². The lowest BCUT2D eigenvalue weighted by Crippen LogP contribution is -2.38. The van der Waals surface area contributed by atoms with E-state index < -0.39 is 9.84 Å². The van der Waals surface area contributed by atoms with E-state index in [-0.39, 0.29) is 11.8 Å². The number of carbonyl (C=O) groups excluding carboxylic acids is 1. The topological polar surface area (TPSA) is 85.2 Å².